The Hall–Kier alpha value is -3.20. The van der Waals surface area contributed by atoms with Crippen molar-refractivity contribution in [2.75, 3.05) is 13.7 Å². The van der Waals surface area contributed by atoms with Crippen molar-refractivity contribution in [1.29, 1.82) is 0 Å². The number of nitrogens with zero attached hydrogens (tertiary/aromatic N) is 3. The third kappa shape index (κ3) is 4.38. The van der Waals surface area contributed by atoms with E-state index in [9.17, 15) is 14.4 Å². The Labute approximate surface area is 189 Å². The van der Waals surface area contributed by atoms with Crippen LogP contribution in [0.4, 0.5) is 0 Å². The summed E-state index contributed by atoms with van der Waals surface area (Å²) in [4.78, 5) is 45.4. The number of rotatable bonds is 8. The Balaban J connectivity index is 1.57. The van der Waals surface area contributed by atoms with Crippen molar-refractivity contribution in [3.05, 3.63) is 57.0 Å². The lowest BCUT2D eigenvalue weighted by Crippen LogP contribution is -2.37. The smallest absolute Gasteiger partial charge is 0.348 e. The normalized spacial score (nSPS) is 13.2. The second kappa shape index (κ2) is 9.12. The van der Waals surface area contributed by atoms with Crippen LogP contribution in [0.15, 0.2) is 35.4 Å². The van der Waals surface area contributed by atoms with Gasteiger partial charge in [-0.1, -0.05) is 12.1 Å². The quantitative estimate of drug-likeness (QED) is 0.485. The van der Waals surface area contributed by atoms with E-state index >= 15 is 0 Å². The lowest BCUT2D eigenvalue weighted by atomic mass is 10.2. The maximum Gasteiger partial charge on any atom is 0.348 e. The Kier molecular flexibility index (Phi) is 6.27. The minimum Gasteiger partial charge on any atom is -0.497 e. The number of aromatic nitrogens is 2. The van der Waals surface area contributed by atoms with Gasteiger partial charge in [0.2, 0.25) is 5.91 Å². The molecule has 168 valence electrons. The zero-order valence-corrected chi connectivity index (χ0v) is 19.1. The van der Waals surface area contributed by atoms with E-state index in [1.807, 2.05) is 29.2 Å². The monoisotopic (exact) mass is 455 g/mol. The molecule has 8 nitrogen and oxygen atoms in total. The molecule has 1 aromatic carbocycles. The van der Waals surface area contributed by atoms with E-state index in [0.29, 0.717) is 27.2 Å². The summed E-state index contributed by atoms with van der Waals surface area (Å²) in [7, 11) is 1.61. The maximum atomic E-state index is 13.1. The summed E-state index contributed by atoms with van der Waals surface area (Å²) in [5.41, 5.74) is 1.22. The first-order chi connectivity index (χ1) is 15.4. The van der Waals surface area contributed by atoms with Gasteiger partial charge in [-0.3, -0.25) is 14.2 Å². The van der Waals surface area contributed by atoms with E-state index < -0.39 is 5.97 Å². The van der Waals surface area contributed by atoms with Crippen LogP contribution in [0.1, 0.15) is 40.6 Å². The first kappa shape index (κ1) is 22.0. The standard InChI is InChI=1S/C23H25N3O5S/c1-4-31-23(29)20-14(2)19-21(32-20)24-13-25(22(19)28)12-18(27)26(16-7-8-16)11-15-5-9-17(30-3)10-6-15/h5-6,9-10,13,16H,4,7-8,11-12H2,1-3H3. The molecule has 2 aromatic heterocycles. The average molecular weight is 456 g/mol. The minimum absolute atomic E-state index is 0.0988. The van der Waals surface area contributed by atoms with Crippen LogP contribution in [0.2, 0.25) is 0 Å². The molecule has 0 radical (unpaired) electrons. The molecule has 1 aliphatic rings. The molecular weight excluding hydrogens is 430 g/mol. The van der Waals surface area contributed by atoms with Crippen LogP contribution in [0, 0.1) is 6.92 Å². The SMILES string of the molecule is CCOC(=O)c1sc2ncn(CC(=O)N(Cc3ccc(OC)cc3)C3CC3)c(=O)c2c1C. The highest BCUT2D eigenvalue weighted by Gasteiger charge is 2.33. The summed E-state index contributed by atoms with van der Waals surface area (Å²) in [5.74, 6) is 0.164. The van der Waals surface area contributed by atoms with Gasteiger partial charge in [0.25, 0.3) is 5.56 Å². The fourth-order valence-electron chi connectivity index (χ4n) is 3.63. The van der Waals surface area contributed by atoms with Crippen molar-refractivity contribution < 1.29 is 19.1 Å². The summed E-state index contributed by atoms with van der Waals surface area (Å²) >= 11 is 1.14. The van der Waals surface area contributed by atoms with E-state index in [-0.39, 0.29) is 30.7 Å². The minimum atomic E-state index is -0.463. The molecule has 0 N–H and O–H groups in total. The molecule has 0 spiro atoms. The predicted octanol–water partition coefficient (Wildman–Crippen LogP) is 3.14. The Morgan fingerprint density at radius 3 is 2.59 bits per heavy atom. The molecule has 3 aromatic rings. The molecule has 0 bridgehead atoms. The molecule has 1 aliphatic carbocycles. The zero-order chi connectivity index (χ0) is 22.8. The predicted molar refractivity (Wildman–Crippen MR) is 121 cm³/mol. The summed E-state index contributed by atoms with van der Waals surface area (Å²) in [6.45, 7) is 4.07. The van der Waals surface area contributed by atoms with Crippen molar-refractivity contribution >= 4 is 33.4 Å². The van der Waals surface area contributed by atoms with Gasteiger partial charge in [-0.2, -0.15) is 0 Å². The lowest BCUT2D eigenvalue weighted by Gasteiger charge is -2.23. The van der Waals surface area contributed by atoms with Gasteiger partial charge in [-0.25, -0.2) is 9.78 Å². The number of esters is 1. The summed E-state index contributed by atoms with van der Waals surface area (Å²) < 4.78 is 11.6. The number of carbonyl (C=O) groups excluding carboxylic acids is 2. The maximum absolute atomic E-state index is 13.1. The molecule has 1 saturated carbocycles. The third-order valence-corrected chi connectivity index (χ3v) is 6.68. The van der Waals surface area contributed by atoms with Crippen molar-refractivity contribution in [3.8, 4) is 5.75 Å². The molecule has 1 fully saturated rings. The second-order valence-corrected chi connectivity index (χ2v) is 8.73. The van der Waals surface area contributed by atoms with Gasteiger partial charge >= 0.3 is 5.97 Å². The average Bonchev–Trinajstić information content (AvgIpc) is 3.57. The van der Waals surface area contributed by atoms with E-state index in [4.69, 9.17) is 9.47 Å². The number of hydrogen-bond donors (Lipinski definition) is 0. The molecule has 32 heavy (non-hydrogen) atoms. The zero-order valence-electron chi connectivity index (χ0n) is 18.3. The highest BCUT2D eigenvalue weighted by atomic mass is 32.1. The van der Waals surface area contributed by atoms with E-state index in [0.717, 1.165) is 35.5 Å². The molecule has 0 atom stereocenters. The van der Waals surface area contributed by atoms with Crippen molar-refractivity contribution in [2.24, 2.45) is 0 Å². The van der Waals surface area contributed by atoms with Crippen LogP contribution in [0.3, 0.4) is 0 Å². The number of fused-ring (bicyclic) bond motifs is 1. The Morgan fingerprint density at radius 2 is 1.97 bits per heavy atom. The van der Waals surface area contributed by atoms with Crippen LogP contribution in [-0.4, -0.2) is 46.1 Å². The van der Waals surface area contributed by atoms with Crippen molar-refractivity contribution in [3.63, 3.8) is 0 Å². The number of benzene rings is 1. The van der Waals surface area contributed by atoms with Crippen LogP contribution in [0.5, 0.6) is 5.75 Å². The van der Waals surface area contributed by atoms with E-state index in [1.54, 1.807) is 21.0 Å². The van der Waals surface area contributed by atoms with Gasteiger partial charge in [0.1, 0.15) is 22.0 Å². The third-order valence-electron chi connectivity index (χ3n) is 5.50. The Morgan fingerprint density at radius 1 is 1.25 bits per heavy atom. The van der Waals surface area contributed by atoms with Crippen LogP contribution in [0.25, 0.3) is 10.2 Å². The first-order valence-electron chi connectivity index (χ1n) is 10.5. The number of aryl methyl sites for hydroxylation is 1. The molecule has 9 heteroatoms. The van der Waals surface area contributed by atoms with Gasteiger partial charge in [-0.15, -0.1) is 11.3 Å². The number of amides is 1. The molecule has 0 unspecified atom stereocenters. The van der Waals surface area contributed by atoms with Crippen LogP contribution < -0.4 is 10.3 Å². The Bertz CT molecular complexity index is 1210. The molecule has 1 amide bonds. The highest BCUT2D eigenvalue weighted by Crippen LogP contribution is 2.30. The number of carbonyl (C=O) groups is 2. The molecular formula is C23H25N3O5S. The molecule has 2 heterocycles. The number of methoxy groups -OCH3 is 1. The fraction of sp³-hybridized carbons (Fsp3) is 0.391. The van der Waals surface area contributed by atoms with Gasteiger partial charge in [0.15, 0.2) is 0 Å². The van der Waals surface area contributed by atoms with Gasteiger partial charge in [-0.05, 0) is 49.9 Å². The molecule has 4 rings (SSSR count). The van der Waals surface area contributed by atoms with Crippen molar-refractivity contribution in [2.45, 2.75) is 45.8 Å². The fourth-order valence-corrected chi connectivity index (χ4v) is 4.67. The molecule has 0 aliphatic heterocycles. The highest BCUT2D eigenvalue weighted by molar-refractivity contribution is 7.20. The van der Waals surface area contributed by atoms with Crippen molar-refractivity contribution in [1.82, 2.24) is 14.5 Å². The topological polar surface area (TPSA) is 90.7 Å². The first-order valence-corrected chi connectivity index (χ1v) is 11.3. The summed E-state index contributed by atoms with van der Waals surface area (Å²) in [5, 5.41) is 0.362. The largest absolute Gasteiger partial charge is 0.497 e. The van der Waals surface area contributed by atoms with Crippen LogP contribution in [-0.2, 0) is 22.6 Å². The number of ether oxygens (including phenoxy) is 2. The summed E-state index contributed by atoms with van der Waals surface area (Å²) in [6.07, 6.45) is 3.30. The summed E-state index contributed by atoms with van der Waals surface area (Å²) in [6, 6.07) is 7.80. The van der Waals surface area contributed by atoms with Gasteiger partial charge < -0.3 is 14.4 Å². The van der Waals surface area contributed by atoms with E-state index in [1.165, 1.54) is 10.9 Å². The van der Waals surface area contributed by atoms with E-state index in [2.05, 4.69) is 4.98 Å². The number of thiophene rings is 1. The molecule has 0 saturated heterocycles. The van der Waals surface area contributed by atoms with Gasteiger partial charge in [0, 0.05) is 12.6 Å². The van der Waals surface area contributed by atoms with Gasteiger partial charge in [0.05, 0.1) is 25.4 Å². The van der Waals surface area contributed by atoms with Crippen LogP contribution >= 0.6 is 11.3 Å². The lowest BCUT2D eigenvalue weighted by molar-refractivity contribution is -0.133. The number of hydrogen-bond acceptors (Lipinski definition) is 7. The second-order valence-electron chi connectivity index (χ2n) is 7.74.